The van der Waals surface area contributed by atoms with Crippen molar-refractivity contribution in [3.05, 3.63) is 59.4 Å². The van der Waals surface area contributed by atoms with E-state index in [4.69, 9.17) is 0 Å². The number of carbonyl (C=O) groups is 1. The van der Waals surface area contributed by atoms with Gasteiger partial charge in [0.1, 0.15) is 0 Å². The molecule has 5 nitrogen and oxygen atoms in total. The van der Waals surface area contributed by atoms with E-state index in [9.17, 15) is 4.79 Å². The zero-order chi connectivity index (χ0) is 15.6. The molecule has 2 aliphatic rings. The molecule has 23 heavy (non-hydrogen) atoms. The largest absolute Gasteiger partial charge is 0.346 e. The topological polar surface area (TPSA) is 68.5 Å². The Morgan fingerprint density at radius 1 is 1.22 bits per heavy atom. The molecule has 1 radical (unpaired) electrons. The zero-order valence-electron chi connectivity index (χ0n) is 12.5. The lowest BCUT2D eigenvalue weighted by molar-refractivity contribution is 0.256. The van der Waals surface area contributed by atoms with Crippen molar-refractivity contribution in [3.63, 3.8) is 0 Å². The van der Waals surface area contributed by atoms with E-state index in [2.05, 4.69) is 26.7 Å². The van der Waals surface area contributed by atoms with Crippen LogP contribution in [0.15, 0.2) is 53.3 Å². The SMILES string of the molecule is O=C1[N]c2cc(C=C3CCCN=C3c3cccnc3)ccc2N1. The molecule has 113 valence electrons. The highest BCUT2D eigenvalue weighted by Crippen LogP contribution is 2.30. The number of amides is 2. The first-order chi connectivity index (χ1) is 11.3. The quantitative estimate of drug-likeness (QED) is 0.922. The van der Waals surface area contributed by atoms with E-state index in [1.807, 2.05) is 36.5 Å². The van der Waals surface area contributed by atoms with Gasteiger partial charge in [-0.15, -0.1) is 0 Å². The number of pyridine rings is 1. The minimum absolute atomic E-state index is 0.305. The predicted octanol–water partition coefficient (Wildman–Crippen LogP) is 3.53. The maximum absolute atomic E-state index is 11.3. The third-order valence-electron chi connectivity index (χ3n) is 3.94. The van der Waals surface area contributed by atoms with Crippen molar-refractivity contribution in [1.29, 1.82) is 0 Å². The van der Waals surface area contributed by atoms with Crippen LogP contribution >= 0.6 is 0 Å². The van der Waals surface area contributed by atoms with Gasteiger partial charge in [0.15, 0.2) is 0 Å². The zero-order valence-corrected chi connectivity index (χ0v) is 12.5. The van der Waals surface area contributed by atoms with Crippen LogP contribution < -0.4 is 10.6 Å². The molecule has 0 saturated heterocycles. The van der Waals surface area contributed by atoms with Crippen LogP contribution in [-0.2, 0) is 0 Å². The molecule has 1 aromatic carbocycles. The van der Waals surface area contributed by atoms with Crippen molar-refractivity contribution in [1.82, 2.24) is 10.3 Å². The molecule has 0 fully saturated rings. The normalized spacial score (nSPS) is 18.2. The van der Waals surface area contributed by atoms with Gasteiger partial charge in [-0.3, -0.25) is 9.98 Å². The summed E-state index contributed by atoms with van der Waals surface area (Å²) in [7, 11) is 0. The molecule has 0 unspecified atom stereocenters. The minimum atomic E-state index is -0.305. The van der Waals surface area contributed by atoms with Crippen LogP contribution in [0.1, 0.15) is 24.0 Å². The van der Waals surface area contributed by atoms with Gasteiger partial charge in [-0.25, -0.2) is 4.79 Å². The second-order valence-electron chi connectivity index (χ2n) is 5.56. The summed E-state index contributed by atoms with van der Waals surface area (Å²) in [6.07, 6.45) is 7.77. The molecule has 2 aromatic rings. The number of hydrogen-bond donors (Lipinski definition) is 1. The maximum atomic E-state index is 11.3. The molecule has 2 amide bonds. The van der Waals surface area contributed by atoms with Gasteiger partial charge in [0.2, 0.25) is 0 Å². The van der Waals surface area contributed by atoms with E-state index >= 15 is 0 Å². The Labute approximate surface area is 134 Å². The average molecular weight is 303 g/mol. The van der Waals surface area contributed by atoms with Gasteiger partial charge in [-0.05, 0) is 54.3 Å². The van der Waals surface area contributed by atoms with Crippen molar-refractivity contribution < 1.29 is 4.79 Å². The lowest BCUT2D eigenvalue weighted by atomic mass is 9.95. The van der Waals surface area contributed by atoms with Crippen LogP contribution in [0.3, 0.4) is 0 Å². The van der Waals surface area contributed by atoms with Gasteiger partial charge >= 0.3 is 6.03 Å². The molecule has 0 saturated carbocycles. The molecule has 5 heteroatoms. The van der Waals surface area contributed by atoms with Gasteiger partial charge in [0.05, 0.1) is 17.1 Å². The van der Waals surface area contributed by atoms with Gasteiger partial charge in [-0.1, -0.05) is 6.07 Å². The van der Waals surface area contributed by atoms with E-state index in [0.717, 1.165) is 41.9 Å². The average Bonchev–Trinajstić information content (AvgIpc) is 2.95. The fourth-order valence-corrected chi connectivity index (χ4v) is 2.89. The summed E-state index contributed by atoms with van der Waals surface area (Å²) < 4.78 is 0. The summed E-state index contributed by atoms with van der Waals surface area (Å²) in [5, 5.41) is 6.67. The standard InChI is InChI=1S/C18H15N4O/c23-18-21-15-6-5-12(10-16(15)22-18)9-13-3-2-8-20-17(13)14-4-1-7-19-11-14/h1,4-7,9-11H,2-3,8H2,(H,21,23). The number of carbonyl (C=O) groups excluding carboxylic acids is 1. The first-order valence-electron chi connectivity index (χ1n) is 7.62. The van der Waals surface area contributed by atoms with Crippen LogP contribution in [0, 0.1) is 0 Å². The monoisotopic (exact) mass is 303 g/mol. The summed E-state index contributed by atoms with van der Waals surface area (Å²) in [6.45, 7) is 0.847. The number of hydrogen-bond acceptors (Lipinski definition) is 3. The molecule has 4 rings (SSSR count). The number of nitrogens with zero attached hydrogens (tertiary/aromatic N) is 3. The highest BCUT2D eigenvalue weighted by atomic mass is 16.2. The molecule has 0 atom stereocenters. The summed E-state index contributed by atoms with van der Waals surface area (Å²) in [6, 6.07) is 9.46. The third kappa shape index (κ3) is 2.73. The lowest BCUT2D eigenvalue weighted by Crippen LogP contribution is -2.11. The number of rotatable bonds is 2. The van der Waals surface area contributed by atoms with Crippen LogP contribution in [0.25, 0.3) is 6.08 Å². The van der Waals surface area contributed by atoms with Gasteiger partial charge in [0.25, 0.3) is 0 Å². The van der Waals surface area contributed by atoms with Crippen LogP contribution in [0.2, 0.25) is 0 Å². The van der Waals surface area contributed by atoms with Gasteiger partial charge in [-0.2, -0.15) is 5.32 Å². The first kappa shape index (κ1) is 13.7. The fourth-order valence-electron chi connectivity index (χ4n) is 2.89. The van der Waals surface area contributed by atoms with E-state index in [0.29, 0.717) is 5.69 Å². The van der Waals surface area contributed by atoms with Crippen molar-refractivity contribution in [2.75, 3.05) is 11.9 Å². The van der Waals surface area contributed by atoms with E-state index < -0.39 is 0 Å². The fraction of sp³-hybridized carbons (Fsp3) is 0.167. The molecular formula is C18H15N4O. The number of urea groups is 1. The van der Waals surface area contributed by atoms with E-state index in [1.165, 1.54) is 5.57 Å². The van der Waals surface area contributed by atoms with E-state index in [1.54, 1.807) is 6.20 Å². The molecule has 0 aliphatic carbocycles. The lowest BCUT2D eigenvalue weighted by Gasteiger charge is -2.16. The summed E-state index contributed by atoms with van der Waals surface area (Å²) in [5.74, 6) is 0. The van der Waals surface area contributed by atoms with Crippen LogP contribution in [0.4, 0.5) is 16.2 Å². The highest BCUT2D eigenvalue weighted by molar-refractivity contribution is 6.15. The Balaban J connectivity index is 1.70. The smallest absolute Gasteiger partial charge is 0.304 e. The number of benzene rings is 1. The second-order valence-corrected chi connectivity index (χ2v) is 5.56. The molecule has 1 N–H and O–H groups in total. The maximum Gasteiger partial charge on any atom is 0.346 e. The second kappa shape index (κ2) is 5.68. The van der Waals surface area contributed by atoms with Crippen molar-refractivity contribution in [2.45, 2.75) is 12.8 Å². The molecular weight excluding hydrogens is 288 g/mol. The third-order valence-corrected chi connectivity index (χ3v) is 3.94. The Bertz CT molecular complexity index is 824. The molecule has 2 aliphatic heterocycles. The van der Waals surface area contributed by atoms with Gasteiger partial charge in [0, 0.05) is 24.5 Å². The number of anilines is 1. The number of fused-ring (bicyclic) bond motifs is 1. The highest BCUT2D eigenvalue weighted by Gasteiger charge is 2.19. The Hall–Kier alpha value is -2.95. The predicted molar refractivity (Wildman–Crippen MR) is 90.1 cm³/mol. The van der Waals surface area contributed by atoms with Crippen LogP contribution in [0.5, 0.6) is 0 Å². The Morgan fingerprint density at radius 2 is 2.17 bits per heavy atom. The van der Waals surface area contributed by atoms with Crippen molar-refractivity contribution >= 4 is 29.2 Å². The molecule has 1 aromatic heterocycles. The number of aromatic nitrogens is 1. The summed E-state index contributed by atoms with van der Waals surface area (Å²) >= 11 is 0. The molecule has 0 bridgehead atoms. The Morgan fingerprint density at radius 3 is 3.04 bits per heavy atom. The van der Waals surface area contributed by atoms with Gasteiger partial charge < -0.3 is 5.32 Å². The summed E-state index contributed by atoms with van der Waals surface area (Å²) in [5.41, 5.74) is 5.73. The van der Waals surface area contributed by atoms with E-state index in [-0.39, 0.29) is 6.03 Å². The summed E-state index contributed by atoms with van der Waals surface area (Å²) in [4.78, 5) is 20.2. The van der Waals surface area contributed by atoms with Crippen molar-refractivity contribution in [2.24, 2.45) is 4.99 Å². The van der Waals surface area contributed by atoms with Crippen LogP contribution in [-0.4, -0.2) is 23.3 Å². The Kier molecular flexibility index (Phi) is 3.38. The number of nitrogens with one attached hydrogen (secondary N) is 1. The van der Waals surface area contributed by atoms with Crippen molar-refractivity contribution in [3.8, 4) is 0 Å². The first-order valence-corrected chi connectivity index (χ1v) is 7.62. The molecule has 0 spiro atoms. The molecule has 3 heterocycles. The number of aliphatic imine (C=N–C) groups is 1. The minimum Gasteiger partial charge on any atom is -0.304 e. The number of allylic oxidation sites excluding steroid dienone is 1.